The lowest BCUT2D eigenvalue weighted by molar-refractivity contribution is 0.623. The molecule has 0 unspecified atom stereocenters. The van der Waals surface area contributed by atoms with Crippen LogP contribution in [0.2, 0.25) is 10.0 Å². The first-order valence-corrected chi connectivity index (χ1v) is 6.10. The first-order valence-electron chi connectivity index (χ1n) is 5.34. The number of nitrogens with one attached hydrogen (secondary N) is 1. The second-order valence-corrected chi connectivity index (χ2v) is 5.01. The first-order chi connectivity index (χ1) is 7.49. The van der Waals surface area contributed by atoms with E-state index in [-0.39, 0.29) is 0 Å². The van der Waals surface area contributed by atoms with E-state index in [0.717, 1.165) is 12.1 Å². The maximum atomic E-state index is 5.95. The third-order valence-electron chi connectivity index (χ3n) is 2.15. The van der Waals surface area contributed by atoms with Crippen LogP contribution in [0.1, 0.15) is 26.3 Å². The average Bonchev–Trinajstić information content (AvgIpc) is 2.21. The van der Waals surface area contributed by atoms with Crippen LogP contribution in [0, 0.1) is 0 Å². The Morgan fingerprint density at radius 1 is 1.31 bits per heavy atom. The van der Waals surface area contributed by atoms with Gasteiger partial charge in [-0.2, -0.15) is 0 Å². The van der Waals surface area contributed by atoms with Gasteiger partial charge < -0.3 is 5.32 Å². The first kappa shape index (κ1) is 13.6. The molecule has 16 heavy (non-hydrogen) atoms. The van der Waals surface area contributed by atoms with Crippen molar-refractivity contribution in [2.24, 2.45) is 0 Å². The summed E-state index contributed by atoms with van der Waals surface area (Å²) in [5.74, 6) is 0. The fourth-order valence-corrected chi connectivity index (χ4v) is 1.61. The molecule has 0 aliphatic heterocycles. The van der Waals surface area contributed by atoms with Gasteiger partial charge in [0.15, 0.2) is 0 Å². The lowest BCUT2D eigenvalue weighted by atomic mass is 10.1. The molecule has 0 radical (unpaired) electrons. The lowest BCUT2D eigenvalue weighted by Crippen LogP contribution is -2.24. The van der Waals surface area contributed by atoms with Gasteiger partial charge in [-0.25, -0.2) is 0 Å². The number of halogens is 2. The summed E-state index contributed by atoms with van der Waals surface area (Å²) in [5, 5.41) is 4.56. The smallest absolute Gasteiger partial charge is 0.0598 e. The SMILES string of the molecule is CC(=Cc1ccc(Cl)c(Cl)c1)CNC(C)C. The number of hydrogen-bond acceptors (Lipinski definition) is 1. The van der Waals surface area contributed by atoms with Gasteiger partial charge >= 0.3 is 0 Å². The third-order valence-corrected chi connectivity index (χ3v) is 2.88. The predicted octanol–water partition coefficient (Wildman–Crippen LogP) is 4.39. The van der Waals surface area contributed by atoms with Crippen molar-refractivity contribution in [1.82, 2.24) is 5.32 Å². The van der Waals surface area contributed by atoms with E-state index >= 15 is 0 Å². The quantitative estimate of drug-likeness (QED) is 0.844. The number of rotatable bonds is 4. The van der Waals surface area contributed by atoms with Crippen molar-refractivity contribution < 1.29 is 0 Å². The van der Waals surface area contributed by atoms with Crippen LogP contribution < -0.4 is 5.32 Å². The summed E-state index contributed by atoms with van der Waals surface area (Å²) in [4.78, 5) is 0. The molecule has 3 heteroatoms. The molecule has 0 atom stereocenters. The molecule has 0 saturated heterocycles. The predicted molar refractivity (Wildman–Crippen MR) is 73.3 cm³/mol. The van der Waals surface area contributed by atoms with Crippen LogP contribution in [-0.4, -0.2) is 12.6 Å². The molecule has 0 aromatic heterocycles. The van der Waals surface area contributed by atoms with Gasteiger partial charge in [0.1, 0.15) is 0 Å². The van der Waals surface area contributed by atoms with Crippen molar-refractivity contribution in [3.05, 3.63) is 39.4 Å². The maximum Gasteiger partial charge on any atom is 0.0598 e. The van der Waals surface area contributed by atoms with E-state index in [9.17, 15) is 0 Å². The zero-order valence-electron chi connectivity index (χ0n) is 9.85. The van der Waals surface area contributed by atoms with E-state index in [2.05, 4.69) is 32.2 Å². The van der Waals surface area contributed by atoms with E-state index in [1.54, 1.807) is 0 Å². The Kier molecular flexibility index (Phi) is 5.33. The Hall–Kier alpha value is -0.500. The average molecular weight is 258 g/mol. The Labute approximate surface area is 107 Å². The lowest BCUT2D eigenvalue weighted by Gasteiger charge is -2.08. The third kappa shape index (κ3) is 4.56. The van der Waals surface area contributed by atoms with Crippen molar-refractivity contribution in [3.8, 4) is 0 Å². The van der Waals surface area contributed by atoms with Gasteiger partial charge in [-0.15, -0.1) is 0 Å². The summed E-state index contributed by atoms with van der Waals surface area (Å²) in [7, 11) is 0. The van der Waals surface area contributed by atoms with Crippen molar-refractivity contribution >= 4 is 29.3 Å². The summed E-state index contributed by atoms with van der Waals surface area (Å²) < 4.78 is 0. The Balaban J connectivity index is 2.70. The molecule has 88 valence electrons. The van der Waals surface area contributed by atoms with Crippen molar-refractivity contribution in [2.75, 3.05) is 6.54 Å². The van der Waals surface area contributed by atoms with Crippen LogP contribution in [0.3, 0.4) is 0 Å². The molecule has 1 nitrogen and oxygen atoms in total. The molecule has 0 heterocycles. The standard InChI is InChI=1S/C13H17Cl2N/c1-9(2)16-8-10(3)6-11-4-5-12(14)13(15)7-11/h4-7,9,16H,8H2,1-3H3. The highest BCUT2D eigenvalue weighted by Gasteiger charge is 1.98. The molecule has 1 aromatic rings. The van der Waals surface area contributed by atoms with Crippen LogP contribution in [0.25, 0.3) is 6.08 Å². The fourth-order valence-electron chi connectivity index (χ4n) is 1.30. The largest absolute Gasteiger partial charge is 0.311 e. The second kappa shape index (κ2) is 6.29. The highest BCUT2D eigenvalue weighted by Crippen LogP contribution is 2.23. The molecule has 0 aliphatic carbocycles. The van der Waals surface area contributed by atoms with Gasteiger partial charge in [0.05, 0.1) is 10.0 Å². The topological polar surface area (TPSA) is 12.0 Å². The summed E-state index contributed by atoms with van der Waals surface area (Å²) in [5.41, 5.74) is 2.35. The molecule has 1 N–H and O–H groups in total. The van der Waals surface area contributed by atoms with Crippen LogP contribution in [0.5, 0.6) is 0 Å². The minimum absolute atomic E-state index is 0.497. The molecule has 0 saturated carbocycles. The van der Waals surface area contributed by atoms with E-state index in [0.29, 0.717) is 16.1 Å². The molecule has 1 aromatic carbocycles. The van der Waals surface area contributed by atoms with Crippen LogP contribution in [-0.2, 0) is 0 Å². The van der Waals surface area contributed by atoms with Gasteiger partial charge in [-0.1, -0.05) is 54.8 Å². The second-order valence-electron chi connectivity index (χ2n) is 4.20. The highest BCUT2D eigenvalue weighted by atomic mass is 35.5. The molecule has 0 fully saturated rings. The van der Waals surface area contributed by atoms with Crippen LogP contribution in [0.15, 0.2) is 23.8 Å². The van der Waals surface area contributed by atoms with Gasteiger partial charge in [-0.05, 0) is 24.6 Å². The van der Waals surface area contributed by atoms with E-state index < -0.39 is 0 Å². The molecule has 1 rings (SSSR count). The Morgan fingerprint density at radius 3 is 2.56 bits per heavy atom. The highest BCUT2D eigenvalue weighted by molar-refractivity contribution is 6.42. The van der Waals surface area contributed by atoms with Gasteiger partial charge in [-0.3, -0.25) is 0 Å². The van der Waals surface area contributed by atoms with Gasteiger partial charge in [0.25, 0.3) is 0 Å². The van der Waals surface area contributed by atoms with Gasteiger partial charge in [0, 0.05) is 12.6 Å². The Bertz CT molecular complexity index is 384. The van der Waals surface area contributed by atoms with Gasteiger partial charge in [0.2, 0.25) is 0 Å². The minimum atomic E-state index is 0.497. The minimum Gasteiger partial charge on any atom is -0.311 e. The molecular weight excluding hydrogens is 241 g/mol. The van der Waals surface area contributed by atoms with E-state index in [4.69, 9.17) is 23.2 Å². The molecule has 0 aliphatic rings. The van der Waals surface area contributed by atoms with Crippen molar-refractivity contribution in [2.45, 2.75) is 26.8 Å². The number of benzene rings is 1. The molecular formula is C13H17Cl2N. The monoisotopic (exact) mass is 257 g/mol. The van der Waals surface area contributed by atoms with Crippen molar-refractivity contribution in [3.63, 3.8) is 0 Å². The Morgan fingerprint density at radius 2 is 2.00 bits per heavy atom. The fraction of sp³-hybridized carbons (Fsp3) is 0.385. The van der Waals surface area contributed by atoms with E-state index in [1.165, 1.54) is 5.57 Å². The normalized spacial score (nSPS) is 12.2. The molecule has 0 amide bonds. The zero-order chi connectivity index (χ0) is 12.1. The van der Waals surface area contributed by atoms with E-state index in [1.807, 2.05) is 18.2 Å². The summed E-state index contributed by atoms with van der Waals surface area (Å²) in [6.07, 6.45) is 2.11. The summed E-state index contributed by atoms with van der Waals surface area (Å²) in [6, 6.07) is 6.16. The summed E-state index contributed by atoms with van der Waals surface area (Å²) in [6.45, 7) is 7.24. The molecule has 0 spiro atoms. The van der Waals surface area contributed by atoms with Crippen LogP contribution in [0.4, 0.5) is 0 Å². The zero-order valence-corrected chi connectivity index (χ0v) is 11.4. The molecule has 0 bridgehead atoms. The van der Waals surface area contributed by atoms with Crippen LogP contribution >= 0.6 is 23.2 Å². The number of hydrogen-bond donors (Lipinski definition) is 1. The maximum absolute atomic E-state index is 5.95. The summed E-state index contributed by atoms with van der Waals surface area (Å²) >= 11 is 11.8. The van der Waals surface area contributed by atoms with Crippen molar-refractivity contribution in [1.29, 1.82) is 0 Å².